The molecule has 0 radical (unpaired) electrons. The maximum absolute atomic E-state index is 12.0. The molecule has 1 atom stereocenters. The van der Waals surface area contributed by atoms with Crippen molar-refractivity contribution >= 4 is 17.4 Å². The summed E-state index contributed by atoms with van der Waals surface area (Å²) in [6, 6.07) is -0.619. The molecule has 112 valence electrons. The summed E-state index contributed by atoms with van der Waals surface area (Å²) in [5.41, 5.74) is 4.65. The molecule has 1 aromatic heterocycles. The molecule has 0 bridgehead atoms. The standard InChI is InChI=1S/C12H21N5O3/c1-5-16(4)11(19)7(3)14-8-9(13)17(6-2)12(20)15-10(8)18/h7,14H,5-6,13H2,1-4H3,(H,15,18,20). The number of likely N-dealkylation sites (N-methyl/N-ethyl adjacent to an activating group) is 1. The predicted octanol–water partition coefficient (Wildman–Crippen LogP) is -0.583. The second-order valence-corrected chi connectivity index (χ2v) is 4.48. The van der Waals surface area contributed by atoms with E-state index in [-0.39, 0.29) is 17.4 Å². The van der Waals surface area contributed by atoms with E-state index in [4.69, 9.17) is 5.73 Å². The van der Waals surface area contributed by atoms with Gasteiger partial charge in [0.1, 0.15) is 17.5 Å². The number of anilines is 2. The highest BCUT2D eigenvalue weighted by Gasteiger charge is 2.20. The number of aromatic nitrogens is 2. The fraction of sp³-hybridized carbons (Fsp3) is 0.583. The zero-order valence-electron chi connectivity index (χ0n) is 12.2. The van der Waals surface area contributed by atoms with E-state index in [1.807, 2.05) is 6.92 Å². The van der Waals surface area contributed by atoms with Crippen LogP contribution in [0.1, 0.15) is 20.8 Å². The number of nitrogens with one attached hydrogen (secondary N) is 2. The maximum atomic E-state index is 12.0. The van der Waals surface area contributed by atoms with Gasteiger partial charge in [-0.15, -0.1) is 0 Å². The van der Waals surface area contributed by atoms with Crippen LogP contribution in [0.25, 0.3) is 0 Å². The number of amides is 1. The molecular formula is C12H21N5O3. The summed E-state index contributed by atoms with van der Waals surface area (Å²) in [5, 5.41) is 2.78. The van der Waals surface area contributed by atoms with Crippen molar-refractivity contribution in [2.45, 2.75) is 33.4 Å². The van der Waals surface area contributed by atoms with Crippen molar-refractivity contribution in [3.05, 3.63) is 20.8 Å². The Morgan fingerprint density at radius 2 is 2.05 bits per heavy atom. The molecule has 8 heteroatoms. The van der Waals surface area contributed by atoms with Crippen molar-refractivity contribution in [1.29, 1.82) is 0 Å². The summed E-state index contributed by atoms with van der Waals surface area (Å²) in [7, 11) is 1.67. The summed E-state index contributed by atoms with van der Waals surface area (Å²) < 4.78 is 1.23. The Morgan fingerprint density at radius 3 is 2.55 bits per heavy atom. The minimum absolute atomic E-state index is 0.0278. The normalized spacial score (nSPS) is 12.0. The molecule has 4 N–H and O–H groups in total. The summed E-state index contributed by atoms with van der Waals surface area (Å²) in [5.74, 6) is -0.138. The SMILES string of the molecule is CCN(C)C(=O)C(C)Nc1c(N)n(CC)c(=O)[nH]c1=O. The zero-order valence-corrected chi connectivity index (χ0v) is 12.2. The number of aromatic amines is 1. The molecule has 20 heavy (non-hydrogen) atoms. The molecule has 8 nitrogen and oxygen atoms in total. The van der Waals surface area contributed by atoms with Gasteiger partial charge in [-0.25, -0.2) is 4.79 Å². The number of hydrogen-bond donors (Lipinski definition) is 3. The van der Waals surface area contributed by atoms with Crippen molar-refractivity contribution in [3.8, 4) is 0 Å². The molecule has 1 rings (SSSR count). The van der Waals surface area contributed by atoms with Crippen LogP contribution in [0.15, 0.2) is 9.59 Å². The largest absolute Gasteiger partial charge is 0.383 e. The number of carbonyl (C=O) groups is 1. The Hall–Kier alpha value is -2.25. The van der Waals surface area contributed by atoms with Crippen LogP contribution in [0.4, 0.5) is 11.5 Å². The third-order valence-electron chi connectivity index (χ3n) is 3.14. The van der Waals surface area contributed by atoms with E-state index in [2.05, 4.69) is 10.3 Å². The number of rotatable bonds is 5. The van der Waals surface area contributed by atoms with Crippen molar-refractivity contribution in [1.82, 2.24) is 14.5 Å². The van der Waals surface area contributed by atoms with E-state index in [9.17, 15) is 14.4 Å². The predicted molar refractivity (Wildman–Crippen MR) is 77.8 cm³/mol. The van der Waals surface area contributed by atoms with E-state index in [1.165, 1.54) is 9.47 Å². The fourth-order valence-corrected chi connectivity index (χ4v) is 1.81. The highest BCUT2D eigenvalue weighted by atomic mass is 16.2. The quantitative estimate of drug-likeness (QED) is 0.669. The Balaban J connectivity index is 3.13. The number of nitrogens with zero attached hydrogens (tertiary/aromatic N) is 2. The molecule has 0 spiro atoms. The third kappa shape index (κ3) is 3.01. The Labute approximate surface area is 116 Å². The number of H-pyrrole nitrogens is 1. The van der Waals surface area contributed by atoms with Crippen LogP contribution in [0.3, 0.4) is 0 Å². The first-order valence-corrected chi connectivity index (χ1v) is 6.47. The van der Waals surface area contributed by atoms with Gasteiger partial charge in [-0.2, -0.15) is 0 Å². The van der Waals surface area contributed by atoms with Crippen LogP contribution in [-0.4, -0.2) is 40.0 Å². The van der Waals surface area contributed by atoms with Crippen molar-refractivity contribution in [2.75, 3.05) is 24.6 Å². The van der Waals surface area contributed by atoms with Crippen molar-refractivity contribution in [2.24, 2.45) is 0 Å². The third-order valence-corrected chi connectivity index (χ3v) is 3.14. The van der Waals surface area contributed by atoms with Crippen LogP contribution in [0.5, 0.6) is 0 Å². The highest BCUT2D eigenvalue weighted by Crippen LogP contribution is 2.11. The summed E-state index contributed by atoms with van der Waals surface area (Å²) in [6.07, 6.45) is 0. The topological polar surface area (TPSA) is 113 Å². The van der Waals surface area contributed by atoms with Gasteiger partial charge in [-0.05, 0) is 20.8 Å². The van der Waals surface area contributed by atoms with Gasteiger partial charge in [0.15, 0.2) is 0 Å². The summed E-state index contributed by atoms with van der Waals surface area (Å²) in [4.78, 5) is 39.0. The molecule has 0 aliphatic rings. The average molecular weight is 283 g/mol. The summed E-state index contributed by atoms with van der Waals surface area (Å²) >= 11 is 0. The Morgan fingerprint density at radius 1 is 1.45 bits per heavy atom. The summed E-state index contributed by atoms with van der Waals surface area (Å²) in [6.45, 7) is 6.11. The van der Waals surface area contributed by atoms with E-state index < -0.39 is 17.3 Å². The molecular weight excluding hydrogens is 262 g/mol. The van der Waals surface area contributed by atoms with Gasteiger partial charge in [-0.1, -0.05) is 0 Å². The molecule has 1 heterocycles. The lowest BCUT2D eigenvalue weighted by Gasteiger charge is -2.22. The van der Waals surface area contributed by atoms with E-state index in [0.29, 0.717) is 13.1 Å². The molecule has 0 aliphatic heterocycles. The minimum atomic E-state index is -0.629. The Bertz CT molecular complexity index is 604. The maximum Gasteiger partial charge on any atom is 0.330 e. The molecule has 1 amide bonds. The molecule has 0 saturated heterocycles. The first-order chi connectivity index (χ1) is 9.33. The number of nitrogens with two attached hydrogens (primary N) is 1. The smallest absolute Gasteiger partial charge is 0.330 e. The minimum Gasteiger partial charge on any atom is -0.383 e. The monoisotopic (exact) mass is 283 g/mol. The van der Waals surface area contributed by atoms with Gasteiger partial charge in [0, 0.05) is 20.1 Å². The zero-order chi connectivity index (χ0) is 15.4. The number of nitrogen functional groups attached to an aromatic ring is 1. The lowest BCUT2D eigenvalue weighted by atomic mass is 10.2. The van der Waals surface area contributed by atoms with Gasteiger partial charge >= 0.3 is 5.69 Å². The van der Waals surface area contributed by atoms with Crippen molar-refractivity contribution < 1.29 is 4.79 Å². The van der Waals surface area contributed by atoms with Gasteiger partial charge in [0.05, 0.1) is 0 Å². The van der Waals surface area contributed by atoms with Crippen LogP contribution in [0.2, 0.25) is 0 Å². The second-order valence-electron chi connectivity index (χ2n) is 4.48. The molecule has 0 aliphatic carbocycles. The van der Waals surface area contributed by atoms with Crippen LogP contribution in [-0.2, 0) is 11.3 Å². The van der Waals surface area contributed by atoms with Gasteiger partial charge in [-0.3, -0.25) is 19.1 Å². The second kappa shape index (κ2) is 6.27. The van der Waals surface area contributed by atoms with Gasteiger partial charge in [0.2, 0.25) is 5.91 Å². The molecule has 1 aromatic rings. The van der Waals surface area contributed by atoms with E-state index in [1.54, 1.807) is 20.9 Å². The van der Waals surface area contributed by atoms with E-state index >= 15 is 0 Å². The lowest BCUT2D eigenvalue weighted by Crippen LogP contribution is -2.41. The van der Waals surface area contributed by atoms with Crippen LogP contribution < -0.4 is 22.3 Å². The van der Waals surface area contributed by atoms with Gasteiger partial charge in [0.25, 0.3) is 5.56 Å². The average Bonchev–Trinajstić information content (AvgIpc) is 2.41. The van der Waals surface area contributed by atoms with Crippen LogP contribution >= 0.6 is 0 Å². The lowest BCUT2D eigenvalue weighted by molar-refractivity contribution is -0.130. The first kappa shape index (κ1) is 15.8. The number of hydrogen-bond acceptors (Lipinski definition) is 5. The molecule has 0 saturated carbocycles. The van der Waals surface area contributed by atoms with Crippen molar-refractivity contribution in [3.63, 3.8) is 0 Å². The molecule has 0 fully saturated rings. The van der Waals surface area contributed by atoms with Gasteiger partial charge < -0.3 is 16.0 Å². The number of carbonyl (C=O) groups excluding carboxylic acids is 1. The Kier molecular flexibility index (Phi) is 4.95. The molecule has 0 aromatic carbocycles. The highest BCUT2D eigenvalue weighted by molar-refractivity contribution is 5.84. The van der Waals surface area contributed by atoms with Crippen LogP contribution in [0, 0.1) is 0 Å². The first-order valence-electron chi connectivity index (χ1n) is 6.47. The fourth-order valence-electron chi connectivity index (χ4n) is 1.81. The van der Waals surface area contributed by atoms with E-state index in [0.717, 1.165) is 0 Å². The molecule has 1 unspecified atom stereocenters.